The van der Waals surface area contributed by atoms with Crippen LogP contribution in [-0.4, -0.2) is 11.5 Å². The number of benzene rings is 1. The molecular weight excluding hydrogens is 223 g/mol. The molecule has 0 aromatic heterocycles. The Kier molecular flexibility index (Phi) is 2.66. The molecule has 0 bridgehead atoms. The maximum atomic E-state index is 11.8. The van der Waals surface area contributed by atoms with E-state index in [-0.39, 0.29) is 5.02 Å². The second kappa shape index (κ2) is 3.45. The van der Waals surface area contributed by atoms with Crippen molar-refractivity contribution in [2.45, 2.75) is 6.36 Å². The van der Waals surface area contributed by atoms with Crippen molar-refractivity contribution in [2.24, 2.45) is 0 Å². The highest BCUT2D eigenvalue weighted by molar-refractivity contribution is 6.33. The first-order chi connectivity index (χ1) is 6.31. The molecule has 1 aromatic rings. The number of nitrogens with two attached hydrogens (primary N) is 1. The second-order valence-electron chi connectivity index (χ2n) is 2.36. The molecule has 0 radical (unpaired) electrons. The molecule has 0 aliphatic heterocycles. The van der Waals surface area contributed by atoms with E-state index in [9.17, 15) is 13.2 Å². The van der Waals surface area contributed by atoms with Gasteiger partial charge in [0.05, 0.1) is 10.7 Å². The normalized spacial score (nSPS) is 11.4. The first-order valence-electron chi connectivity index (χ1n) is 3.34. The third-order valence-electron chi connectivity index (χ3n) is 1.34. The summed E-state index contributed by atoms with van der Waals surface area (Å²) in [7, 11) is 0. The average molecular weight is 228 g/mol. The number of rotatable bonds is 1. The van der Waals surface area contributed by atoms with E-state index < -0.39 is 23.5 Å². The van der Waals surface area contributed by atoms with Crippen molar-refractivity contribution in [3.63, 3.8) is 0 Å². The predicted molar refractivity (Wildman–Crippen MR) is 44.2 cm³/mol. The van der Waals surface area contributed by atoms with Crippen LogP contribution in [0.5, 0.6) is 11.5 Å². The highest BCUT2D eigenvalue weighted by Crippen LogP contribution is 2.40. The van der Waals surface area contributed by atoms with Gasteiger partial charge in [-0.1, -0.05) is 11.6 Å². The summed E-state index contributed by atoms with van der Waals surface area (Å²) in [6.07, 6.45) is -4.92. The smallest absolute Gasteiger partial charge is 0.504 e. The number of hydrogen-bond acceptors (Lipinski definition) is 3. The molecule has 0 atom stereocenters. The van der Waals surface area contributed by atoms with Crippen LogP contribution < -0.4 is 10.5 Å². The quantitative estimate of drug-likeness (QED) is 0.725. The van der Waals surface area contributed by atoms with Crippen LogP contribution in [-0.2, 0) is 0 Å². The van der Waals surface area contributed by atoms with E-state index in [1.54, 1.807) is 0 Å². The van der Waals surface area contributed by atoms with Crippen LogP contribution in [0.15, 0.2) is 12.1 Å². The fourth-order valence-electron chi connectivity index (χ4n) is 0.787. The van der Waals surface area contributed by atoms with Crippen molar-refractivity contribution >= 4 is 17.3 Å². The van der Waals surface area contributed by atoms with Gasteiger partial charge in [-0.15, -0.1) is 13.2 Å². The van der Waals surface area contributed by atoms with Crippen molar-refractivity contribution in [1.29, 1.82) is 0 Å². The maximum Gasteiger partial charge on any atom is 0.573 e. The standard InChI is InChI=1S/C7H5ClF3NO2/c8-3-1-2-4(13)6(5(3)12)14-7(9,10)11/h1-2,13H,12H2. The molecule has 0 saturated heterocycles. The Morgan fingerprint density at radius 2 is 1.93 bits per heavy atom. The van der Waals surface area contributed by atoms with Gasteiger partial charge in [0.2, 0.25) is 0 Å². The zero-order valence-electron chi connectivity index (χ0n) is 6.60. The van der Waals surface area contributed by atoms with Gasteiger partial charge in [0.1, 0.15) is 0 Å². The summed E-state index contributed by atoms with van der Waals surface area (Å²) in [6, 6.07) is 2.12. The molecule has 0 aliphatic rings. The molecule has 0 heterocycles. The lowest BCUT2D eigenvalue weighted by molar-refractivity contribution is -0.274. The zero-order chi connectivity index (χ0) is 10.9. The molecule has 3 N–H and O–H groups in total. The number of aromatic hydroxyl groups is 1. The molecule has 3 nitrogen and oxygen atoms in total. The molecule has 0 amide bonds. The Bertz CT molecular complexity index is 354. The van der Waals surface area contributed by atoms with E-state index in [0.717, 1.165) is 12.1 Å². The largest absolute Gasteiger partial charge is 0.573 e. The highest BCUT2D eigenvalue weighted by atomic mass is 35.5. The number of phenols is 1. The maximum absolute atomic E-state index is 11.8. The van der Waals surface area contributed by atoms with E-state index in [1.165, 1.54) is 0 Å². The molecule has 14 heavy (non-hydrogen) atoms. The summed E-state index contributed by atoms with van der Waals surface area (Å²) in [6.45, 7) is 0. The van der Waals surface area contributed by atoms with Gasteiger partial charge in [-0.3, -0.25) is 0 Å². The van der Waals surface area contributed by atoms with Crippen LogP contribution in [0.4, 0.5) is 18.9 Å². The summed E-state index contributed by atoms with van der Waals surface area (Å²) in [5, 5.41) is 8.89. The number of alkyl halides is 3. The lowest BCUT2D eigenvalue weighted by Gasteiger charge is -2.12. The third kappa shape index (κ3) is 2.35. The second-order valence-corrected chi connectivity index (χ2v) is 2.76. The lowest BCUT2D eigenvalue weighted by Crippen LogP contribution is -2.18. The Hall–Kier alpha value is -1.30. The first-order valence-corrected chi connectivity index (χ1v) is 3.72. The molecule has 0 unspecified atom stereocenters. The Labute approximate surface area is 81.8 Å². The van der Waals surface area contributed by atoms with E-state index in [1.807, 2.05) is 0 Å². The fraction of sp³-hybridized carbons (Fsp3) is 0.143. The average Bonchev–Trinajstić information content (AvgIpc) is 2.04. The van der Waals surface area contributed by atoms with Gasteiger partial charge in [0.15, 0.2) is 11.5 Å². The zero-order valence-corrected chi connectivity index (χ0v) is 7.36. The molecule has 0 fully saturated rings. The van der Waals surface area contributed by atoms with Gasteiger partial charge in [0.25, 0.3) is 0 Å². The number of anilines is 1. The van der Waals surface area contributed by atoms with Crippen LogP contribution in [0.25, 0.3) is 0 Å². The van der Waals surface area contributed by atoms with Crippen LogP contribution in [0, 0.1) is 0 Å². The predicted octanol–water partition coefficient (Wildman–Crippen LogP) is 2.53. The van der Waals surface area contributed by atoms with E-state index >= 15 is 0 Å². The molecule has 0 saturated carbocycles. The Morgan fingerprint density at radius 1 is 1.36 bits per heavy atom. The minimum atomic E-state index is -4.92. The van der Waals surface area contributed by atoms with Crippen LogP contribution in [0.2, 0.25) is 5.02 Å². The monoisotopic (exact) mass is 227 g/mol. The van der Waals surface area contributed by atoms with E-state index in [2.05, 4.69) is 4.74 Å². The molecule has 1 rings (SSSR count). The lowest BCUT2D eigenvalue weighted by atomic mass is 10.3. The highest BCUT2D eigenvalue weighted by Gasteiger charge is 2.33. The summed E-state index contributed by atoms with van der Waals surface area (Å²) in [5.41, 5.74) is 4.72. The topological polar surface area (TPSA) is 55.5 Å². The molecule has 1 aromatic carbocycles. The Morgan fingerprint density at radius 3 is 2.43 bits per heavy atom. The van der Waals surface area contributed by atoms with Gasteiger partial charge in [-0.05, 0) is 12.1 Å². The number of ether oxygens (including phenoxy) is 1. The number of phenolic OH excluding ortho intramolecular Hbond substituents is 1. The molecule has 0 spiro atoms. The summed E-state index contributed by atoms with van der Waals surface area (Å²) < 4.78 is 38.9. The summed E-state index contributed by atoms with van der Waals surface area (Å²) in [4.78, 5) is 0. The van der Waals surface area contributed by atoms with Crippen molar-refractivity contribution in [3.05, 3.63) is 17.2 Å². The SMILES string of the molecule is Nc1c(Cl)ccc(O)c1OC(F)(F)F. The number of hydrogen-bond donors (Lipinski definition) is 2. The minimum absolute atomic E-state index is 0.123. The van der Waals surface area contributed by atoms with Crippen LogP contribution >= 0.6 is 11.6 Å². The van der Waals surface area contributed by atoms with Crippen LogP contribution in [0.1, 0.15) is 0 Å². The van der Waals surface area contributed by atoms with Crippen molar-refractivity contribution < 1.29 is 23.0 Å². The molecule has 78 valence electrons. The first kappa shape index (κ1) is 10.8. The Balaban J connectivity index is 3.13. The van der Waals surface area contributed by atoms with E-state index in [0.29, 0.717) is 0 Å². The van der Waals surface area contributed by atoms with Gasteiger partial charge in [-0.2, -0.15) is 0 Å². The fourth-order valence-corrected chi connectivity index (χ4v) is 0.936. The third-order valence-corrected chi connectivity index (χ3v) is 1.67. The molecular formula is C7H5ClF3NO2. The van der Waals surface area contributed by atoms with Crippen molar-refractivity contribution in [1.82, 2.24) is 0 Å². The summed E-state index contributed by atoms with van der Waals surface area (Å²) >= 11 is 5.43. The van der Waals surface area contributed by atoms with Crippen LogP contribution in [0.3, 0.4) is 0 Å². The van der Waals surface area contributed by atoms with Gasteiger partial charge in [0, 0.05) is 0 Å². The van der Waals surface area contributed by atoms with Crippen molar-refractivity contribution in [2.75, 3.05) is 5.73 Å². The van der Waals surface area contributed by atoms with Gasteiger partial charge >= 0.3 is 6.36 Å². The van der Waals surface area contributed by atoms with E-state index in [4.69, 9.17) is 22.4 Å². The number of nitrogen functional groups attached to an aromatic ring is 1. The van der Waals surface area contributed by atoms with Crippen molar-refractivity contribution in [3.8, 4) is 11.5 Å². The number of halogens is 4. The summed E-state index contributed by atoms with van der Waals surface area (Å²) in [5.74, 6) is -1.60. The molecule has 7 heteroatoms. The minimum Gasteiger partial charge on any atom is -0.504 e. The van der Waals surface area contributed by atoms with Gasteiger partial charge in [-0.25, -0.2) is 0 Å². The molecule has 0 aliphatic carbocycles. The van der Waals surface area contributed by atoms with Gasteiger partial charge < -0.3 is 15.6 Å².